The number of Topliss-reactive ketones (excluding diaryl/α,β-unsaturated/α-hetero) is 1. The fraction of sp³-hybridized carbons (Fsp3) is 0.486. The molecule has 2 fully saturated rings. The zero-order valence-electron chi connectivity index (χ0n) is 30.3. The van der Waals surface area contributed by atoms with Gasteiger partial charge in [0.1, 0.15) is 35.6 Å². The van der Waals surface area contributed by atoms with Crippen LogP contribution in [-0.2, 0) is 38.8 Å². The van der Waals surface area contributed by atoms with Crippen LogP contribution in [0.5, 0.6) is 0 Å². The number of rotatable bonds is 4. The summed E-state index contributed by atoms with van der Waals surface area (Å²) in [6.07, 6.45) is 1.80. The predicted octanol–water partition coefficient (Wildman–Crippen LogP) is 5.01. The lowest BCUT2D eigenvalue weighted by molar-refractivity contribution is -0.141. The second-order valence-corrected chi connectivity index (χ2v) is 16.7. The highest BCUT2D eigenvalue weighted by Gasteiger charge is 2.72. The summed E-state index contributed by atoms with van der Waals surface area (Å²) in [6, 6.07) is 4.13. The fourth-order valence-corrected chi connectivity index (χ4v) is 9.43. The van der Waals surface area contributed by atoms with Gasteiger partial charge in [-0.15, -0.1) is 0 Å². The highest BCUT2D eigenvalue weighted by atomic mass is 32.2. The number of aryl methyl sites for hydroxylation is 3. The zero-order valence-corrected chi connectivity index (χ0v) is 31.1. The number of aromatic nitrogens is 5. The van der Waals surface area contributed by atoms with E-state index in [0.717, 1.165) is 29.2 Å². The smallest absolute Gasteiger partial charge is 0.325 e. The molecule has 5 heterocycles. The molecule has 54 heavy (non-hydrogen) atoms. The van der Waals surface area contributed by atoms with Crippen LogP contribution >= 0.6 is 0 Å². The number of nitrogens with one attached hydrogen (secondary N) is 2. The summed E-state index contributed by atoms with van der Waals surface area (Å²) >= 11 is 0. The summed E-state index contributed by atoms with van der Waals surface area (Å²) < 4.78 is 71.1. The maximum atomic E-state index is 14.6. The van der Waals surface area contributed by atoms with E-state index < -0.39 is 51.2 Å². The predicted molar refractivity (Wildman–Crippen MR) is 193 cm³/mol. The van der Waals surface area contributed by atoms with Crippen LogP contribution in [-0.4, -0.2) is 80.0 Å². The molecule has 1 saturated carbocycles. The minimum Gasteiger partial charge on any atom is -0.325 e. The number of pyridine rings is 1. The second-order valence-electron chi connectivity index (χ2n) is 14.8. The summed E-state index contributed by atoms with van der Waals surface area (Å²) in [7, 11) is -3.69. The Kier molecular flexibility index (Phi) is 9.61. The Bertz CT molecular complexity index is 2280. The van der Waals surface area contributed by atoms with Gasteiger partial charge in [0.15, 0.2) is 5.78 Å². The van der Waals surface area contributed by atoms with Gasteiger partial charge in [-0.3, -0.25) is 19.1 Å². The third-order valence-electron chi connectivity index (χ3n) is 11.2. The molecule has 3 aliphatic rings. The highest BCUT2D eigenvalue weighted by Crippen LogP contribution is 2.64. The lowest BCUT2D eigenvalue weighted by Gasteiger charge is -2.28. The van der Waals surface area contributed by atoms with Gasteiger partial charge >= 0.3 is 6.18 Å². The van der Waals surface area contributed by atoms with Gasteiger partial charge in [0.25, 0.3) is 0 Å². The molecule has 4 atom stereocenters. The van der Waals surface area contributed by atoms with E-state index in [2.05, 4.69) is 30.1 Å². The molecule has 1 aromatic carbocycles. The van der Waals surface area contributed by atoms with E-state index >= 15 is 0 Å². The van der Waals surface area contributed by atoms with Crippen LogP contribution in [0.25, 0.3) is 22.0 Å². The molecular weight excluding hydrogens is 726 g/mol. The molecule has 1 saturated heterocycles. The van der Waals surface area contributed by atoms with Crippen LogP contribution in [0.4, 0.5) is 19.0 Å². The number of nitrogens with zero attached hydrogens (tertiary/aromatic N) is 6. The summed E-state index contributed by atoms with van der Waals surface area (Å²) in [5, 5.41) is 7.73. The van der Waals surface area contributed by atoms with E-state index in [1.807, 2.05) is 19.1 Å². The van der Waals surface area contributed by atoms with Crippen molar-refractivity contribution < 1.29 is 36.0 Å². The maximum Gasteiger partial charge on any atom is 0.433 e. The number of piperidine rings is 1. The van der Waals surface area contributed by atoms with Crippen molar-refractivity contribution in [2.45, 2.75) is 91.0 Å². The van der Waals surface area contributed by atoms with Crippen LogP contribution in [0.15, 0.2) is 36.7 Å². The molecule has 1 aliphatic carbocycles. The van der Waals surface area contributed by atoms with Gasteiger partial charge in [-0.2, -0.15) is 18.3 Å². The van der Waals surface area contributed by atoms with Gasteiger partial charge in [0, 0.05) is 48.3 Å². The van der Waals surface area contributed by atoms with Gasteiger partial charge in [-0.05, 0) is 80.3 Å². The standard InChI is InChI=1S/C37H41F3N8O5S/c1-20-10-11-29(37(38,39)40)44-34(20)45-35(51)28-15-36-19-43-54(52,53)12-8-6-5-7-9-24-13-25(26-16-41-23(4)42-17-26)14-27-31(22(3)49)46-47(32(24)27)18-30(50)48(28)33(36)21(36)2/h10-11,13-14,16-17,21,28,33,43H,5-9,12,15,18-19H2,1-4H3,(H,44,45,51)/t21-,28-,33?,36+/m0/s1. The Hall–Kier alpha value is -4.77. The van der Waals surface area contributed by atoms with Gasteiger partial charge < -0.3 is 10.2 Å². The van der Waals surface area contributed by atoms with Gasteiger partial charge in [0.2, 0.25) is 21.8 Å². The molecule has 0 spiro atoms. The van der Waals surface area contributed by atoms with Crippen molar-refractivity contribution in [3.8, 4) is 11.1 Å². The number of hydrogen-bond acceptors (Lipinski definition) is 9. The van der Waals surface area contributed by atoms with Crippen molar-refractivity contribution in [1.82, 2.24) is 34.4 Å². The highest BCUT2D eigenvalue weighted by molar-refractivity contribution is 7.89. The summed E-state index contributed by atoms with van der Waals surface area (Å²) in [6.45, 7) is 6.22. The molecule has 3 aromatic heterocycles. The summed E-state index contributed by atoms with van der Waals surface area (Å²) in [5.74, 6) is -1.52. The Labute approximate surface area is 310 Å². The van der Waals surface area contributed by atoms with Crippen LogP contribution in [0.2, 0.25) is 0 Å². The molecule has 286 valence electrons. The number of benzene rings is 1. The lowest BCUT2D eigenvalue weighted by Crippen LogP contribution is -2.47. The number of carbonyl (C=O) groups is 3. The average molecular weight is 767 g/mol. The molecule has 1 unspecified atom stereocenters. The zero-order chi connectivity index (χ0) is 38.7. The van der Waals surface area contributed by atoms with Crippen molar-refractivity contribution in [2.75, 3.05) is 17.6 Å². The van der Waals surface area contributed by atoms with Crippen molar-refractivity contribution in [2.24, 2.45) is 11.3 Å². The van der Waals surface area contributed by atoms with Crippen LogP contribution in [0.1, 0.15) is 79.1 Å². The van der Waals surface area contributed by atoms with Gasteiger partial charge in [0.05, 0.1) is 11.3 Å². The average Bonchev–Trinajstić information content (AvgIpc) is 3.37. The first-order valence-electron chi connectivity index (χ1n) is 18.0. The van der Waals surface area contributed by atoms with Gasteiger partial charge in [-0.1, -0.05) is 25.8 Å². The third-order valence-corrected chi connectivity index (χ3v) is 12.6. The van der Waals surface area contributed by atoms with E-state index in [4.69, 9.17) is 0 Å². The van der Waals surface area contributed by atoms with Crippen molar-refractivity contribution in [3.63, 3.8) is 0 Å². The molecule has 7 rings (SSSR count). The lowest BCUT2D eigenvalue weighted by atomic mass is 9.96. The number of carbonyl (C=O) groups excluding carboxylic acids is 3. The molecule has 2 bridgehead atoms. The molecule has 2 N–H and O–H groups in total. The van der Waals surface area contributed by atoms with E-state index in [-0.39, 0.29) is 48.5 Å². The van der Waals surface area contributed by atoms with Crippen molar-refractivity contribution >= 4 is 44.3 Å². The van der Waals surface area contributed by atoms with Crippen molar-refractivity contribution in [3.05, 3.63) is 65.0 Å². The van der Waals surface area contributed by atoms with Gasteiger partial charge in [-0.25, -0.2) is 28.1 Å². The topological polar surface area (TPSA) is 169 Å². The number of halogens is 3. The quantitative estimate of drug-likeness (QED) is 0.272. The monoisotopic (exact) mass is 766 g/mol. The van der Waals surface area contributed by atoms with E-state index in [1.165, 1.54) is 29.5 Å². The first-order chi connectivity index (χ1) is 25.5. The molecule has 4 aromatic rings. The molecule has 0 radical (unpaired) electrons. The van der Waals surface area contributed by atoms with Crippen LogP contribution < -0.4 is 10.0 Å². The normalized spacial score (nSPS) is 24.5. The molecule has 17 heteroatoms. The maximum absolute atomic E-state index is 14.6. The number of ketones is 1. The summed E-state index contributed by atoms with van der Waals surface area (Å²) in [5.41, 5.74) is 1.41. The third kappa shape index (κ3) is 6.98. The Morgan fingerprint density at radius 3 is 2.46 bits per heavy atom. The fourth-order valence-electron chi connectivity index (χ4n) is 8.21. The molecular formula is C37H41F3N8O5S. The number of hydrogen-bond donors (Lipinski definition) is 2. The van der Waals surface area contributed by atoms with E-state index in [0.29, 0.717) is 48.0 Å². The van der Waals surface area contributed by atoms with Crippen LogP contribution in [0, 0.1) is 25.2 Å². The Balaban J connectivity index is 1.31. The number of amides is 2. The molecule has 2 aliphatic heterocycles. The first-order valence-corrected chi connectivity index (χ1v) is 19.6. The second kappa shape index (κ2) is 13.8. The van der Waals surface area contributed by atoms with Crippen molar-refractivity contribution in [1.29, 1.82) is 0 Å². The Morgan fingerprint density at radius 1 is 1.04 bits per heavy atom. The van der Waals surface area contributed by atoms with E-state index in [1.54, 1.807) is 19.3 Å². The minimum absolute atomic E-state index is 0.00953. The molecule has 13 nitrogen and oxygen atoms in total. The van der Waals surface area contributed by atoms with Crippen LogP contribution in [0.3, 0.4) is 0 Å². The SMILES string of the molecule is CC(=O)c1nn2c3c(cc(-c4cnc(C)nc4)cc13)CCCCCCS(=O)(=O)NC[C@@]13C[C@@H](C(=O)Nc4nc(C(F)(F)F)ccc4C)N(C(=O)C2)C1[C@@H]3C. The Morgan fingerprint density at radius 2 is 1.76 bits per heavy atom. The van der Waals surface area contributed by atoms with E-state index in [9.17, 15) is 36.0 Å². The minimum atomic E-state index is -4.75. The largest absolute Gasteiger partial charge is 0.433 e. The molecule has 2 amide bonds. The summed E-state index contributed by atoms with van der Waals surface area (Å²) in [4.78, 5) is 55.4. The number of alkyl halides is 3. The first kappa shape index (κ1) is 37.5. The number of sulfonamides is 1. The number of anilines is 1.